The first-order valence-electron chi connectivity index (χ1n) is 7.10. The minimum atomic E-state index is -3.46. The molecule has 2 rings (SSSR count). The van der Waals surface area contributed by atoms with Crippen LogP contribution in [0.3, 0.4) is 0 Å². The second kappa shape index (κ2) is 6.48. The van der Waals surface area contributed by atoms with E-state index in [1.165, 1.54) is 0 Å². The van der Waals surface area contributed by atoms with Crippen LogP contribution in [0.2, 0.25) is 0 Å². The van der Waals surface area contributed by atoms with Crippen LogP contribution >= 0.6 is 0 Å². The summed E-state index contributed by atoms with van der Waals surface area (Å²) in [5.74, 6) is 1.55. The highest BCUT2D eigenvalue weighted by molar-refractivity contribution is 7.91. The van der Waals surface area contributed by atoms with E-state index in [0.717, 1.165) is 11.3 Å². The predicted octanol–water partition coefficient (Wildman–Crippen LogP) is 1.96. The van der Waals surface area contributed by atoms with Gasteiger partial charge in [0.1, 0.15) is 11.6 Å². The summed E-state index contributed by atoms with van der Waals surface area (Å²) in [5.41, 5.74) is 0.940. The Labute approximate surface area is 131 Å². The average molecular weight is 323 g/mol. The molecular weight excluding hydrogens is 302 g/mol. The monoisotopic (exact) mass is 323 g/mol. The van der Waals surface area contributed by atoms with Gasteiger partial charge in [0, 0.05) is 13.0 Å². The van der Waals surface area contributed by atoms with Crippen LogP contribution in [0.4, 0.5) is 0 Å². The number of ether oxygens (including phenoxy) is 1. The summed E-state index contributed by atoms with van der Waals surface area (Å²) in [6.45, 7) is 3.91. The molecule has 0 fully saturated rings. The molecule has 0 radical (unpaired) electrons. The van der Waals surface area contributed by atoms with Crippen LogP contribution in [0.1, 0.15) is 31.2 Å². The second-order valence-electron chi connectivity index (χ2n) is 5.47. The first kappa shape index (κ1) is 16.5. The van der Waals surface area contributed by atoms with E-state index in [4.69, 9.17) is 4.74 Å². The minimum absolute atomic E-state index is 0.00337. The lowest BCUT2D eigenvalue weighted by Crippen LogP contribution is -2.15. The fourth-order valence-electron chi connectivity index (χ4n) is 2.24. The molecule has 7 heteroatoms. The van der Waals surface area contributed by atoms with Gasteiger partial charge in [-0.1, -0.05) is 26.0 Å². The Balaban J connectivity index is 2.14. The van der Waals surface area contributed by atoms with E-state index >= 15 is 0 Å². The Kier molecular flexibility index (Phi) is 4.85. The van der Waals surface area contributed by atoms with Crippen molar-refractivity contribution in [3.8, 4) is 5.75 Å². The molecule has 0 atom stereocenters. The lowest BCUT2D eigenvalue weighted by atomic mass is 10.2. The number of sulfone groups is 1. The van der Waals surface area contributed by atoms with E-state index in [0.29, 0.717) is 12.2 Å². The summed E-state index contributed by atoms with van der Waals surface area (Å²) in [6, 6.07) is 7.37. The van der Waals surface area contributed by atoms with Crippen LogP contribution in [0.15, 0.2) is 29.4 Å². The van der Waals surface area contributed by atoms with Crippen LogP contribution in [-0.2, 0) is 23.3 Å². The van der Waals surface area contributed by atoms with Crippen LogP contribution < -0.4 is 4.74 Å². The zero-order valence-corrected chi connectivity index (χ0v) is 14.1. The molecule has 0 saturated heterocycles. The molecule has 1 aromatic carbocycles. The first-order chi connectivity index (χ1) is 10.3. The van der Waals surface area contributed by atoms with Gasteiger partial charge in [-0.3, -0.25) is 0 Å². The minimum Gasteiger partial charge on any atom is -0.497 e. The van der Waals surface area contributed by atoms with Crippen molar-refractivity contribution in [3.05, 3.63) is 35.7 Å². The van der Waals surface area contributed by atoms with Crippen LogP contribution in [-0.4, -0.2) is 36.0 Å². The van der Waals surface area contributed by atoms with Gasteiger partial charge in [0.25, 0.3) is 0 Å². The summed E-state index contributed by atoms with van der Waals surface area (Å²) in [4.78, 5) is 0. The molecule has 0 aliphatic heterocycles. The van der Waals surface area contributed by atoms with E-state index in [1.807, 2.05) is 38.1 Å². The van der Waals surface area contributed by atoms with E-state index < -0.39 is 9.84 Å². The Morgan fingerprint density at radius 1 is 1.18 bits per heavy atom. The quantitative estimate of drug-likeness (QED) is 0.812. The third-order valence-electron chi connectivity index (χ3n) is 3.48. The molecule has 1 aromatic heterocycles. The predicted molar refractivity (Wildman–Crippen MR) is 83.8 cm³/mol. The molecule has 2 aromatic rings. The third kappa shape index (κ3) is 3.47. The van der Waals surface area contributed by atoms with Crippen molar-refractivity contribution < 1.29 is 13.2 Å². The summed E-state index contributed by atoms with van der Waals surface area (Å²) in [5, 5.41) is 7.86. The Morgan fingerprint density at radius 2 is 1.82 bits per heavy atom. The molecule has 0 unspecified atom stereocenters. The van der Waals surface area contributed by atoms with E-state index in [2.05, 4.69) is 10.2 Å². The molecule has 0 saturated carbocycles. The zero-order valence-electron chi connectivity index (χ0n) is 13.3. The number of aryl methyl sites for hydroxylation is 1. The number of methoxy groups -OCH3 is 1. The maximum atomic E-state index is 12.4. The number of rotatable bonds is 6. The molecule has 0 aliphatic rings. The lowest BCUT2D eigenvalue weighted by Gasteiger charge is -2.07. The second-order valence-corrected chi connectivity index (χ2v) is 7.47. The van der Waals surface area contributed by atoms with Crippen molar-refractivity contribution >= 4 is 9.84 Å². The van der Waals surface area contributed by atoms with Crippen molar-refractivity contribution in [1.82, 2.24) is 14.8 Å². The van der Waals surface area contributed by atoms with Crippen molar-refractivity contribution in [2.75, 3.05) is 12.9 Å². The number of benzene rings is 1. The van der Waals surface area contributed by atoms with Gasteiger partial charge in [0.15, 0.2) is 0 Å². The molecule has 0 aliphatic carbocycles. The van der Waals surface area contributed by atoms with Crippen molar-refractivity contribution in [1.29, 1.82) is 0 Å². The van der Waals surface area contributed by atoms with Crippen LogP contribution in [0.25, 0.3) is 0 Å². The van der Waals surface area contributed by atoms with Crippen LogP contribution in [0.5, 0.6) is 5.75 Å². The number of hydrogen-bond donors (Lipinski definition) is 0. The van der Waals surface area contributed by atoms with Gasteiger partial charge in [-0.2, -0.15) is 0 Å². The van der Waals surface area contributed by atoms with Gasteiger partial charge in [-0.05, 0) is 24.1 Å². The normalized spacial score (nSPS) is 11.9. The number of hydrogen-bond acceptors (Lipinski definition) is 5. The van der Waals surface area contributed by atoms with Gasteiger partial charge in [0.2, 0.25) is 15.0 Å². The van der Waals surface area contributed by atoms with E-state index in [-0.39, 0.29) is 16.8 Å². The Hall–Kier alpha value is -1.89. The highest BCUT2D eigenvalue weighted by atomic mass is 32.2. The molecule has 1 heterocycles. The highest BCUT2D eigenvalue weighted by Gasteiger charge is 2.23. The van der Waals surface area contributed by atoms with Gasteiger partial charge in [0.05, 0.1) is 12.9 Å². The average Bonchev–Trinajstić information content (AvgIpc) is 2.88. The standard InChI is InChI=1S/C15H21N3O3S/c1-11(2)14-16-17-15(18(14)3)22(19,20)10-9-12-5-7-13(21-4)8-6-12/h5-8,11H,9-10H2,1-4H3. The Bertz CT molecular complexity index is 734. The SMILES string of the molecule is COc1ccc(CCS(=O)(=O)c2nnc(C(C)C)n2C)cc1. The maximum absolute atomic E-state index is 12.4. The van der Waals surface area contributed by atoms with Gasteiger partial charge < -0.3 is 9.30 Å². The topological polar surface area (TPSA) is 74.1 Å². The molecule has 6 nitrogen and oxygen atoms in total. The highest BCUT2D eigenvalue weighted by Crippen LogP contribution is 2.17. The van der Waals surface area contributed by atoms with Gasteiger partial charge in [-0.25, -0.2) is 8.42 Å². The van der Waals surface area contributed by atoms with Gasteiger partial charge in [-0.15, -0.1) is 10.2 Å². The van der Waals surface area contributed by atoms with E-state index in [9.17, 15) is 8.42 Å². The third-order valence-corrected chi connectivity index (χ3v) is 5.14. The first-order valence-corrected chi connectivity index (χ1v) is 8.75. The summed E-state index contributed by atoms with van der Waals surface area (Å²) < 4.78 is 31.5. The maximum Gasteiger partial charge on any atom is 0.249 e. The van der Waals surface area contributed by atoms with Gasteiger partial charge >= 0.3 is 0 Å². The fraction of sp³-hybridized carbons (Fsp3) is 0.467. The van der Waals surface area contributed by atoms with Crippen LogP contribution in [0, 0.1) is 0 Å². The summed E-state index contributed by atoms with van der Waals surface area (Å²) in [6.07, 6.45) is 0.427. The zero-order chi connectivity index (χ0) is 16.3. The molecule has 0 spiro atoms. The molecular formula is C15H21N3O3S. The van der Waals surface area contributed by atoms with E-state index in [1.54, 1.807) is 18.7 Å². The smallest absolute Gasteiger partial charge is 0.249 e. The molecule has 0 amide bonds. The summed E-state index contributed by atoms with van der Waals surface area (Å²) in [7, 11) is -0.172. The Morgan fingerprint density at radius 3 is 2.32 bits per heavy atom. The fourth-order valence-corrected chi connectivity index (χ4v) is 3.60. The largest absolute Gasteiger partial charge is 0.497 e. The lowest BCUT2D eigenvalue weighted by molar-refractivity contribution is 0.414. The van der Waals surface area contributed by atoms with Crippen molar-refractivity contribution in [3.63, 3.8) is 0 Å². The summed E-state index contributed by atoms with van der Waals surface area (Å²) >= 11 is 0. The van der Waals surface area contributed by atoms with Crippen molar-refractivity contribution in [2.45, 2.75) is 31.3 Å². The van der Waals surface area contributed by atoms with Crippen molar-refractivity contribution in [2.24, 2.45) is 7.05 Å². The molecule has 22 heavy (non-hydrogen) atoms. The molecule has 0 bridgehead atoms. The number of aromatic nitrogens is 3. The molecule has 0 N–H and O–H groups in total. The number of nitrogens with zero attached hydrogens (tertiary/aromatic N) is 3. The molecule has 120 valence electrons.